The van der Waals surface area contributed by atoms with Crippen LogP contribution in [0.2, 0.25) is 0 Å². The fourth-order valence-corrected chi connectivity index (χ4v) is 7.37. The largest absolute Gasteiger partial charge is 0.445 e. The number of carbonyl (C=O) groups excluding carboxylic acids is 1. The van der Waals surface area contributed by atoms with Gasteiger partial charge in [0.1, 0.15) is 6.61 Å². The maximum Gasteiger partial charge on any atom is 0.407 e. The third-order valence-electron chi connectivity index (χ3n) is 8.20. The van der Waals surface area contributed by atoms with E-state index in [9.17, 15) is 13.2 Å². The van der Waals surface area contributed by atoms with Crippen molar-refractivity contribution in [3.8, 4) is 11.3 Å². The Morgan fingerprint density at radius 2 is 1.78 bits per heavy atom. The van der Waals surface area contributed by atoms with Crippen LogP contribution in [0.1, 0.15) is 43.7 Å². The van der Waals surface area contributed by atoms with Gasteiger partial charge in [0.15, 0.2) is 0 Å². The van der Waals surface area contributed by atoms with Crippen molar-refractivity contribution in [3.05, 3.63) is 115 Å². The molecule has 6 rings (SSSR count). The van der Waals surface area contributed by atoms with E-state index in [4.69, 9.17) is 9.72 Å². The summed E-state index contributed by atoms with van der Waals surface area (Å²) < 4.78 is 34.2. The second-order valence-electron chi connectivity index (χ2n) is 11.6. The summed E-state index contributed by atoms with van der Waals surface area (Å²) in [4.78, 5) is 22.3. The van der Waals surface area contributed by atoms with Crippen molar-refractivity contribution in [2.24, 2.45) is 0 Å². The molecule has 0 aliphatic heterocycles. The number of benzene rings is 3. The third-order valence-corrected chi connectivity index (χ3v) is 9.89. The maximum atomic E-state index is 13.7. The van der Waals surface area contributed by atoms with E-state index < -0.39 is 21.7 Å². The Labute approximate surface area is 263 Å². The normalized spacial score (nSPS) is 18.3. The molecule has 9 nitrogen and oxygen atoms in total. The van der Waals surface area contributed by atoms with Crippen LogP contribution in [0.5, 0.6) is 0 Å². The second-order valence-corrected chi connectivity index (χ2v) is 13.4. The molecule has 0 spiro atoms. The Bertz CT molecular complexity index is 1940. The summed E-state index contributed by atoms with van der Waals surface area (Å²) in [5.74, 6) is 0.416. The van der Waals surface area contributed by atoms with Gasteiger partial charge in [0.2, 0.25) is 5.95 Å². The number of hydrogen-bond acceptors (Lipinski definition) is 7. The first-order valence-corrected chi connectivity index (χ1v) is 16.4. The van der Waals surface area contributed by atoms with Crippen LogP contribution in [0.3, 0.4) is 0 Å². The van der Waals surface area contributed by atoms with Gasteiger partial charge in [-0.05, 0) is 56.4 Å². The van der Waals surface area contributed by atoms with Crippen LogP contribution in [0.15, 0.2) is 109 Å². The predicted molar refractivity (Wildman–Crippen MR) is 176 cm³/mol. The van der Waals surface area contributed by atoms with Gasteiger partial charge in [-0.2, -0.15) is 0 Å². The third kappa shape index (κ3) is 6.46. The fourth-order valence-electron chi connectivity index (χ4n) is 5.98. The van der Waals surface area contributed by atoms with E-state index in [1.807, 2.05) is 55.5 Å². The van der Waals surface area contributed by atoms with Crippen molar-refractivity contribution in [1.29, 1.82) is 0 Å². The van der Waals surface area contributed by atoms with Gasteiger partial charge in [0.25, 0.3) is 10.0 Å². The van der Waals surface area contributed by atoms with Gasteiger partial charge < -0.3 is 15.4 Å². The topological polar surface area (TPSA) is 115 Å². The van der Waals surface area contributed by atoms with Crippen LogP contribution < -0.4 is 10.6 Å². The number of anilines is 1. The summed E-state index contributed by atoms with van der Waals surface area (Å²) in [5.41, 5.74) is 2.92. The number of aromatic nitrogens is 3. The van der Waals surface area contributed by atoms with Crippen LogP contribution in [-0.4, -0.2) is 40.0 Å². The molecule has 3 aromatic carbocycles. The summed E-state index contributed by atoms with van der Waals surface area (Å²) in [6.45, 7) is 6.18. The van der Waals surface area contributed by atoms with Gasteiger partial charge in [-0.1, -0.05) is 79.4 Å². The minimum Gasteiger partial charge on any atom is -0.445 e. The van der Waals surface area contributed by atoms with Crippen LogP contribution >= 0.6 is 0 Å². The summed E-state index contributed by atoms with van der Waals surface area (Å²) in [6.07, 6.45) is 7.79. The zero-order valence-electron chi connectivity index (χ0n) is 25.0. The van der Waals surface area contributed by atoms with Crippen molar-refractivity contribution in [1.82, 2.24) is 19.3 Å². The minimum atomic E-state index is -3.86. The molecule has 5 aromatic rings. The quantitative estimate of drug-likeness (QED) is 0.182. The number of rotatable bonds is 9. The molecule has 1 aliphatic carbocycles. The van der Waals surface area contributed by atoms with Crippen LogP contribution in [0, 0.1) is 0 Å². The number of carbonyl (C=O) groups is 1. The van der Waals surface area contributed by atoms with E-state index in [2.05, 4.69) is 22.2 Å². The molecule has 2 heterocycles. The predicted octanol–water partition coefficient (Wildman–Crippen LogP) is 7.02. The first-order chi connectivity index (χ1) is 21.8. The molecule has 1 aliphatic rings. The molecular weight excluding hydrogens is 586 g/mol. The van der Waals surface area contributed by atoms with Crippen molar-refractivity contribution in [3.63, 3.8) is 0 Å². The molecule has 0 unspecified atom stereocenters. The van der Waals surface area contributed by atoms with Crippen LogP contribution in [0.25, 0.3) is 28.2 Å². The lowest BCUT2D eigenvalue weighted by molar-refractivity contribution is 0.120. The van der Waals surface area contributed by atoms with Gasteiger partial charge in [-0.25, -0.2) is 27.2 Å². The number of para-hydroxylation sites is 1. The Morgan fingerprint density at radius 1 is 1.07 bits per heavy atom. The molecule has 2 N–H and O–H groups in total. The SMILES string of the molecule is C=Cc1cnc(N[C@@H]2CCC[C@](C)(NC(=O)OCc3ccccc3)C2)nc1-c1cn(S(=O)(=O)c2ccccc2)c2ccccc12. The molecule has 1 saturated carbocycles. The minimum absolute atomic E-state index is 0.000375. The number of alkyl carbamates (subject to hydrolysis) is 1. The molecule has 10 heteroatoms. The average Bonchev–Trinajstić information content (AvgIpc) is 3.45. The van der Waals surface area contributed by atoms with Crippen molar-refractivity contribution in [2.45, 2.75) is 55.7 Å². The summed E-state index contributed by atoms with van der Waals surface area (Å²) in [6, 6.07) is 25.3. The lowest BCUT2D eigenvalue weighted by Gasteiger charge is -2.38. The Balaban J connectivity index is 1.24. The Kier molecular flexibility index (Phi) is 8.40. The number of nitrogens with one attached hydrogen (secondary N) is 2. The van der Waals surface area contributed by atoms with E-state index in [0.29, 0.717) is 34.7 Å². The number of amides is 1. The Morgan fingerprint density at radius 3 is 2.53 bits per heavy atom. The van der Waals surface area contributed by atoms with E-state index in [1.165, 1.54) is 3.97 Å². The molecule has 2 aromatic heterocycles. The highest BCUT2D eigenvalue weighted by Crippen LogP contribution is 2.35. The molecule has 1 fully saturated rings. The van der Waals surface area contributed by atoms with Crippen molar-refractivity contribution in [2.75, 3.05) is 5.32 Å². The summed E-state index contributed by atoms with van der Waals surface area (Å²) >= 11 is 0. The summed E-state index contributed by atoms with van der Waals surface area (Å²) in [5, 5.41) is 7.28. The zero-order chi connectivity index (χ0) is 31.4. The summed E-state index contributed by atoms with van der Waals surface area (Å²) in [7, 11) is -3.86. The van der Waals surface area contributed by atoms with Gasteiger partial charge in [0, 0.05) is 40.5 Å². The number of ether oxygens (including phenoxy) is 1. The smallest absolute Gasteiger partial charge is 0.407 e. The highest BCUT2D eigenvalue weighted by atomic mass is 32.2. The fraction of sp³-hybridized carbons (Fsp3) is 0.229. The monoisotopic (exact) mass is 621 g/mol. The number of nitrogens with zero attached hydrogens (tertiary/aromatic N) is 3. The van der Waals surface area contributed by atoms with Gasteiger partial charge in [-0.3, -0.25) is 0 Å². The molecular formula is C35H35N5O4S. The van der Waals surface area contributed by atoms with E-state index in [-0.39, 0.29) is 17.5 Å². The van der Waals surface area contributed by atoms with Gasteiger partial charge in [-0.15, -0.1) is 0 Å². The van der Waals surface area contributed by atoms with Crippen molar-refractivity contribution < 1.29 is 17.9 Å². The Hall–Kier alpha value is -4.96. The number of hydrogen-bond donors (Lipinski definition) is 2. The van der Waals surface area contributed by atoms with Crippen LogP contribution in [0.4, 0.5) is 10.7 Å². The molecule has 0 saturated heterocycles. The molecule has 1 amide bonds. The van der Waals surface area contributed by atoms with Gasteiger partial charge in [0.05, 0.1) is 16.1 Å². The number of fused-ring (bicyclic) bond motifs is 1. The highest BCUT2D eigenvalue weighted by molar-refractivity contribution is 7.90. The average molecular weight is 622 g/mol. The molecule has 230 valence electrons. The molecule has 2 atom stereocenters. The lowest BCUT2D eigenvalue weighted by Crippen LogP contribution is -2.51. The van der Waals surface area contributed by atoms with E-state index >= 15 is 0 Å². The van der Waals surface area contributed by atoms with Crippen LogP contribution in [-0.2, 0) is 21.4 Å². The van der Waals surface area contributed by atoms with E-state index in [1.54, 1.807) is 54.9 Å². The van der Waals surface area contributed by atoms with Gasteiger partial charge >= 0.3 is 6.09 Å². The molecule has 45 heavy (non-hydrogen) atoms. The first-order valence-electron chi connectivity index (χ1n) is 14.9. The standard InChI is InChI=1S/C35H35N5O4S/c1-3-26-22-36-33(37-27-15-12-20-35(2,21-27)39-34(41)44-24-25-13-6-4-7-14-25)38-32(26)30-23-40(31-19-11-10-18-29(30)31)45(42,43)28-16-8-5-9-17-28/h3-11,13-14,16-19,22-23,27H,1,12,15,20-21,24H2,2H3,(H,39,41)(H,36,37,38)/t27-,35+/m1/s1. The molecule has 0 bridgehead atoms. The zero-order valence-corrected chi connectivity index (χ0v) is 25.8. The lowest BCUT2D eigenvalue weighted by atomic mass is 9.80. The molecule has 0 radical (unpaired) electrons. The van der Waals surface area contributed by atoms with Crippen molar-refractivity contribution >= 4 is 39.0 Å². The maximum absolute atomic E-state index is 13.7. The highest BCUT2D eigenvalue weighted by Gasteiger charge is 2.34. The second kappa shape index (κ2) is 12.6. The first kappa shape index (κ1) is 30.1. The van der Waals surface area contributed by atoms with E-state index in [0.717, 1.165) is 30.2 Å².